The smallest absolute Gasteiger partial charge is 0.147 e. The molecule has 3 heteroatoms. The number of nitrogens with one attached hydrogen (secondary N) is 1. The van der Waals surface area contributed by atoms with E-state index in [1.54, 1.807) is 0 Å². The number of hydrogen-bond donors (Lipinski definition) is 1. The van der Waals surface area contributed by atoms with Crippen LogP contribution in [0.25, 0.3) is 0 Å². The highest BCUT2D eigenvalue weighted by Crippen LogP contribution is 2.66. The van der Waals surface area contributed by atoms with E-state index < -0.39 is 0 Å². The Hall–Kier alpha value is -0.120. The number of rotatable bonds is 3. The van der Waals surface area contributed by atoms with E-state index in [2.05, 4.69) is 19.2 Å². The minimum Gasteiger partial charge on any atom is -0.355 e. The van der Waals surface area contributed by atoms with Crippen molar-refractivity contribution >= 4 is 0 Å². The second kappa shape index (κ2) is 4.44. The maximum Gasteiger partial charge on any atom is 0.147 e. The minimum absolute atomic E-state index is 0.359. The van der Waals surface area contributed by atoms with Crippen molar-refractivity contribution in [1.29, 1.82) is 0 Å². The van der Waals surface area contributed by atoms with Gasteiger partial charge in [-0.15, -0.1) is 0 Å². The SMILES string of the molecule is CC12CC3CC(C)(C1)CC(NCC1CCOCO1)(C3)C2. The molecule has 1 aliphatic heterocycles. The molecule has 0 aromatic heterocycles. The highest BCUT2D eigenvalue weighted by atomic mass is 16.7. The molecule has 0 amide bonds. The molecular weight excluding hydrogens is 250 g/mol. The molecule has 1 N–H and O–H groups in total. The Kier molecular flexibility index (Phi) is 3.00. The van der Waals surface area contributed by atoms with E-state index in [4.69, 9.17) is 9.47 Å². The lowest BCUT2D eigenvalue weighted by Crippen LogP contribution is -2.65. The molecule has 5 fully saturated rings. The average molecular weight is 279 g/mol. The fourth-order valence-electron chi connectivity index (χ4n) is 6.64. The summed E-state index contributed by atoms with van der Waals surface area (Å²) in [5, 5.41) is 3.97. The van der Waals surface area contributed by atoms with Crippen LogP contribution in [0.5, 0.6) is 0 Å². The summed E-state index contributed by atoms with van der Waals surface area (Å²) < 4.78 is 11.0. The zero-order valence-corrected chi connectivity index (χ0v) is 13.0. The lowest BCUT2D eigenvalue weighted by Gasteiger charge is -2.65. The van der Waals surface area contributed by atoms with Crippen molar-refractivity contribution in [2.24, 2.45) is 16.7 Å². The second-order valence-corrected chi connectivity index (χ2v) is 8.89. The van der Waals surface area contributed by atoms with E-state index in [1.807, 2.05) is 0 Å². The van der Waals surface area contributed by atoms with E-state index >= 15 is 0 Å². The number of hydrogen-bond acceptors (Lipinski definition) is 3. The predicted octanol–water partition coefficient (Wildman–Crippen LogP) is 3.09. The maximum absolute atomic E-state index is 5.71. The summed E-state index contributed by atoms with van der Waals surface area (Å²) in [7, 11) is 0. The Bertz CT molecular complexity index is 372. The molecule has 4 bridgehead atoms. The van der Waals surface area contributed by atoms with Gasteiger partial charge in [-0.1, -0.05) is 13.8 Å². The average Bonchev–Trinajstić information content (AvgIpc) is 2.33. The molecule has 20 heavy (non-hydrogen) atoms. The van der Waals surface area contributed by atoms with Crippen LogP contribution in [0, 0.1) is 16.7 Å². The Balaban J connectivity index is 1.46. The maximum atomic E-state index is 5.71. The molecule has 1 heterocycles. The van der Waals surface area contributed by atoms with Crippen molar-refractivity contribution in [1.82, 2.24) is 5.32 Å². The molecule has 5 rings (SSSR count). The van der Waals surface area contributed by atoms with Crippen molar-refractivity contribution in [3.63, 3.8) is 0 Å². The molecule has 4 aliphatic carbocycles. The molecule has 0 aromatic rings. The van der Waals surface area contributed by atoms with Crippen molar-refractivity contribution in [2.75, 3.05) is 19.9 Å². The van der Waals surface area contributed by atoms with E-state index in [9.17, 15) is 0 Å². The van der Waals surface area contributed by atoms with Gasteiger partial charge in [0.25, 0.3) is 0 Å². The molecule has 0 spiro atoms. The van der Waals surface area contributed by atoms with Crippen LogP contribution >= 0.6 is 0 Å². The Morgan fingerprint density at radius 2 is 1.80 bits per heavy atom. The van der Waals surface area contributed by atoms with Gasteiger partial charge in [-0.2, -0.15) is 0 Å². The molecule has 3 unspecified atom stereocenters. The topological polar surface area (TPSA) is 30.5 Å². The van der Waals surface area contributed by atoms with Crippen LogP contribution in [-0.4, -0.2) is 31.6 Å². The van der Waals surface area contributed by atoms with Gasteiger partial charge in [0.2, 0.25) is 0 Å². The van der Waals surface area contributed by atoms with Gasteiger partial charge in [-0.25, -0.2) is 0 Å². The monoisotopic (exact) mass is 279 g/mol. The molecule has 0 radical (unpaired) electrons. The van der Waals surface area contributed by atoms with Crippen LogP contribution in [0.15, 0.2) is 0 Å². The largest absolute Gasteiger partial charge is 0.355 e. The lowest BCUT2D eigenvalue weighted by molar-refractivity contribution is -0.149. The normalized spacial score (nSPS) is 54.3. The van der Waals surface area contributed by atoms with Crippen molar-refractivity contribution < 1.29 is 9.47 Å². The first-order chi connectivity index (χ1) is 9.49. The first-order valence-electron chi connectivity index (χ1n) is 8.43. The summed E-state index contributed by atoms with van der Waals surface area (Å²) in [5.74, 6) is 0.962. The van der Waals surface area contributed by atoms with Crippen LogP contribution < -0.4 is 5.32 Å². The quantitative estimate of drug-likeness (QED) is 0.861. The zero-order valence-electron chi connectivity index (χ0n) is 13.0. The predicted molar refractivity (Wildman–Crippen MR) is 78.4 cm³/mol. The minimum atomic E-state index is 0.359. The van der Waals surface area contributed by atoms with Gasteiger partial charge in [-0.05, 0) is 61.7 Å². The molecular formula is C17H29NO2. The van der Waals surface area contributed by atoms with E-state index in [-0.39, 0.29) is 0 Å². The third kappa shape index (κ3) is 2.32. The summed E-state index contributed by atoms with van der Waals surface area (Å²) in [6.45, 7) is 7.44. The van der Waals surface area contributed by atoms with E-state index in [0.29, 0.717) is 29.3 Å². The Labute approximate surface area is 122 Å². The van der Waals surface area contributed by atoms with Crippen LogP contribution in [0.4, 0.5) is 0 Å². The van der Waals surface area contributed by atoms with Crippen LogP contribution in [0.1, 0.15) is 58.8 Å². The van der Waals surface area contributed by atoms with Crippen molar-refractivity contribution in [3.8, 4) is 0 Å². The first kappa shape index (κ1) is 13.5. The second-order valence-electron chi connectivity index (χ2n) is 8.89. The molecule has 1 saturated heterocycles. The molecule has 3 nitrogen and oxygen atoms in total. The van der Waals surface area contributed by atoms with Gasteiger partial charge in [0.1, 0.15) is 6.79 Å². The summed E-state index contributed by atoms with van der Waals surface area (Å²) in [6, 6.07) is 0. The Morgan fingerprint density at radius 1 is 1.05 bits per heavy atom. The highest BCUT2D eigenvalue weighted by molar-refractivity contribution is 5.14. The fourth-order valence-corrected chi connectivity index (χ4v) is 6.64. The van der Waals surface area contributed by atoms with Gasteiger partial charge >= 0.3 is 0 Å². The summed E-state index contributed by atoms with van der Waals surface area (Å²) in [6.07, 6.45) is 9.97. The van der Waals surface area contributed by atoms with Gasteiger partial charge < -0.3 is 14.8 Å². The third-order valence-electron chi connectivity index (χ3n) is 6.30. The molecule has 5 aliphatic rings. The summed E-state index contributed by atoms with van der Waals surface area (Å²) in [5.41, 5.74) is 1.60. The standard InChI is InChI=1S/C17H29NO2/c1-15-5-13-6-16(2,9-15)11-17(7-13,10-15)18-8-14-3-4-19-12-20-14/h13-14,18H,3-12H2,1-2H3. The summed E-state index contributed by atoms with van der Waals surface area (Å²) >= 11 is 0. The van der Waals surface area contributed by atoms with Crippen LogP contribution in [0.2, 0.25) is 0 Å². The van der Waals surface area contributed by atoms with Gasteiger partial charge in [0.05, 0.1) is 12.7 Å². The van der Waals surface area contributed by atoms with E-state index in [0.717, 1.165) is 25.5 Å². The third-order valence-corrected chi connectivity index (χ3v) is 6.30. The highest BCUT2D eigenvalue weighted by Gasteiger charge is 2.59. The van der Waals surface area contributed by atoms with Crippen molar-refractivity contribution in [3.05, 3.63) is 0 Å². The van der Waals surface area contributed by atoms with Gasteiger partial charge in [0, 0.05) is 12.1 Å². The summed E-state index contributed by atoms with van der Waals surface area (Å²) in [4.78, 5) is 0. The van der Waals surface area contributed by atoms with Gasteiger partial charge in [-0.3, -0.25) is 0 Å². The first-order valence-corrected chi connectivity index (χ1v) is 8.43. The van der Waals surface area contributed by atoms with E-state index in [1.165, 1.54) is 38.5 Å². The lowest BCUT2D eigenvalue weighted by atomic mass is 9.43. The molecule has 4 saturated carbocycles. The molecule has 114 valence electrons. The molecule has 0 aromatic carbocycles. The Morgan fingerprint density at radius 3 is 2.40 bits per heavy atom. The van der Waals surface area contributed by atoms with Gasteiger partial charge in [0.15, 0.2) is 0 Å². The number of ether oxygens (including phenoxy) is 2. The zero-order chi connectivity index (χ0) is 13.8. The van der Waals surface area contributed by atoms with Crippen LogP contribution in [-0.2, 0) is 9.47 Å². The fraction of sp³-hybridized carbons (Fsp3) is 1.00. The molecule has 3 atom stereocenters. The van der Waals surface area contributed by atoms with Crippen molar-refractivity contribution in [2.45, 2.75) is 70.4 Å². The van der Waals surface area contributed by atoms with Crippen LogP contribution in [0.3, 0.4) is 0 Å².